The van der Waals surface area contributed by atoms with Crippen molar-refractivity contribution >= 4 is 24.2 Å². The van der Waals surface area contributed by atoms with Crippen LogP contribution in [0.1, 0.15) is 40.0 Å². The minimum Gasteiger partial charge on any atom is -0.467 e. The molecule has 0 N–H and O–H groups in total. The van der Waals surface area contributed by atoms with Gasteiger partial charge in [-0.3, -0.25) is 4.79 Å². The molecule has 2 aliphatic heterocycles. The summed E-state index contributed by atoms with van der Waals surface area (Å²) in [5.41, 5.74) is -0.641. The zero-order valence-electron chi connectivity index (χ0n) is 14.5. The maximum atomic E-state index is 12.8. The summed E-state index contributed by atoms with van der Waals surface area (Å²) in [6, 6.07) is -0.686. The molecule has 0 aromatic heterocycles. The number of hydrogen-bond donors (Lipinski definition) is 0. The Kier molecular flexibility index (Phi) is 5.41. The quantitative estimate of drug-likeness (QED) is 0.438. The fraction of sp³-hybridized carbons (Fsp3) is 0.647. The van der Waals surface area contributed by atoms with Gasteiger partial charge in [0.1, 0.15) is 11.6 Å². The van der Waals surface area contributed by atoms with Gasteiger partial charge in [0.15, 0.2) is 0 Å². The Balaban J connectivity index is 2.12. The standard InChI is InChI=1S/C17H24N2O5/c1-17(2,3)24-16(22)18-10-11-6-5-7-12-8-9-13(15(21)23-4)19(12)14(11)20/h5,7,10-13H,6,8-9H2,1-4H3/b18-10-/t11?,12-,13-/m0/s1. The minimum absolute atomic E-state index is 0.110. The zero-order chi connectivity index (χ0) is 17.9. The summed E-state index contributed by atoms with van der Waals surface area (Å²) in [5, 5.41) is 0. The number of ether oxygens (including phenoxy) is 2. The van der Waals surface area contributed by atoms with Crippen molar-refractivity contribution in [1.29, 1.82) is 0 Å². The Labute approximate surface area is 141 Å². The molecular formula is C17H24N2O5. The van der Waals surface area contributed by atoms with Crippen molar-refractivity contribution in [3.8, 4) is 0 Å². The molecule has 3 atom stereocenters. The summed E-state index contributed by atoms with van der Waals surface area (Å²) >= 11 is 0. The zero-order valence-corrected chi connectivity index (χ0v) is 14.5. The van der Waals surface area contributed by atoms with Crippen LogP contribution >= 0.6 is 0 Å². The van der Waals surface area contributed by atoms with Gasteiger partial charge in [-0.15, -0.1) is 0 Å². The van der Waals surface area contributed by atoms with E-state index in [1.54, 1.807) is 25.7 Å². The van der Waals surface area contributed by atoms with E-state index in [1.807, 2.05) is 12.2 Å². The van der Waals surface area contributed by atoms with Crippen molar-refractivity contribution in [2.75, 3.05) is 7.11 Å². The maximum absolute atomic E-state index is 12.8. The molecule has 0 aromatic carbocycles. The molecule has 2 aliphatic rings. The first kappa shape index (κ1) is 18.2. The molecule has 0 saturated carbocycles. The van der Waals surface area contributed by atoms with Gasteiger partial charge in [0.05, 0.1) is 19.1 Å². The predicted molar refractivity (Wildman–Crippen MR) is 87.6 cm³/mol. The summed E-state index contributed by atoms with van der Waals surface area (Å²) in [5.74, 6) is -1.22. The molecular weight excluding hydrogens is 312 g/mol. The van der Waals surface area contributed by atoms with E-state index in [-0.39, 0.29) is 11.9 Å². The number of carbonyl (C=O) groups excluding carboxylic acids is 3. The lowest BCUT2D eigenvalue weighted by Gasteiger charge is -2.28. The van der Waals surface area contributed by atoms with Gasteiger partial charge in [0, 0.05) is 6.21 Å². The number of fused-ring (bicyclic) bond motifs is 1. The number of amides is 2. The molecule has 2 heterocycles. The Bertz CT molecular complexity index is 576. The first-order chi connectivity index (χ1) is 11.2. The van der Waals surface area contributed by atoms with Crippen molar-refractivity contribution in [3.05, 3.63) is 12.2 Å². The summed E-state index contributed by atoms with van der Waals surface area (Å²) in [6.45, 7) is 5.24. The number of carbonyl (C=O) groups is 3. The first-order valence-electron chi connectivity index (χ1n) is 8.07. The SMILES string of the molecule is COC(=O)[C@@H]1CC[C@@H]2C=CCC(/C=N\C(=O)OC(C)(C)C)C(=O)N21. The Morgan fingerprint density at radius 1 is 1.33 bits per heavy atom. The number of allylic oxidation sites excluding steroid dienone is 1. The molecule has 0 aromatic rings. The van der Waals surface area contributed by atoms with E-state index in [4.69, 9.17) is 9.47 Å². The molecule has 132 valence electrons. The van der Waals surface area contributed by atoms with Crippen LogP contribution in [0.4, 0.5) is 4.79 Å². The maximum Gasteiger partial charge on any atom is 0.433 e. The fourth-order valence-electron chi connectivity index (χ4n) is 2.95. The molecule has 1 saturated heterocycles. The molecule has 1 fully saturated rings. The second kappa shape index (κ2) is 7.15. The van der Waals surface area contributed by atoms with Crippen molar-refractivity contribution in [2.45, 2.75) is 57.7 Å². The average Bonchev–Trinajstić information content (AvgIpc) is 2.84. The molecule has 0 bridgehead atoms. The summed E-state index contributed by atoms with van der Waals surface area (Å²) in [6.07, 6.45) is 6.14. The number of esters is 1. The Morgan fingerprint density at radius 3 is 2.67 bits per heavy atom. The number of hydrogen-bond acceptors (Lipinski definition) is 5. The molecule has 7 nitrogen and oxygen atoms in total. The van der Waals surface area contributed by atoms with Gasteiger partial charge >= 0.3 is 12.1 Å². The van der Waals surface area contributed by atoms with Crippen molar-refractivity contribution in [2.24, 2.45) is 10.9 Å². The highest BCUT2D eigenvalue weighted by atomic mass is 16.6. The van der Waals surface area contributed by atoms with Crippen LogP contribution < -0.4 is 0 Å². The lowest BCUT2D eigenvalue weighted by atomic mass is 10.1. The molecule has 0 spiro atoms. The minimum atomic E-state index is -0.731. The monoisotopic (exact) mass is 336 g/mol. The van der Waals surface area contributed by atoms with Crippen LogP contribution in [0, 0.1) is 5.92 Å². The second-order valence-corrected chi connectivity index (χ2v) is 6.96. The van der Waals surface area contributed by atoms with E-state index in [1.165, 1.54) is 13.3 Å². The number of methoxy groups -OCH3 is 1. The number of aliphatic imine (C=N–C) groups is 1. The van der Waals surface area contributed by atoms with E-state index < -0.39 is 29.6 Å². The van der Waals surface area contributed by atoms with Crippen LogP contribution in [0.5, 0.6) is 0 Å². The van der Waals surface area contributed by atoms with Gasteiger partial charge in [0.25, 0.3) is 0 Å². The van der Waals surface area contributed by atoms with E-state index in [2.05, 4.69) is 4.99 Å². The highest BCUT2D eigenvalue weighted by Crippen LogP contribution is 2.30. The second-order valence-electron chi connectivity index (χ2n) is 6.96. The molecule has 2 amide bonds. The van der Waals surface area contributed by atoms with Gasteiger partial charge in [0.2, 0.25) is 5.91 Å². The van der Waals surface area contributed by atoms with Gasteiger partial charge in [-0.2, -0.15) is 4.99 Å². The van der Waals surface area contributed by atoms with Crippen molar-refractivity contribution in [1.82, 2.24) is 4.90 Å². The summed E-state index contributed by atoms with van der Waals surface area (Å²) < 4.78 is 9.90. The van der Waals surface area contributed by atoms with Crippen LogP contribution in [0.25, 0.3) is 0 Å². The van der Waals surface area contributed by atoms with Crippen LogP contribution in [0.15, 0.2) is 17.1 Å². The Morgan fingerprint density at radius 2 is 2.04 bits per heavy atom. The number of nitrogens with zero attached hydrogens (tertiary/aromatic N) is 2. The third kappa shape index (κ3) is 4.21. The van der Waals surface area contributed by atoms with Crippen LogP contribution in [0.3, 0.4) is 0 Å². The van der Waals surface area contributed by atoms with Gasteiger partial charge < -0.3 is 14.4 Å². The smallest absolute Gasteiger partial charge is 0.433 e. The molecule has 0 aliphatic carbocycles. The first-order valence-corrected chi connectivity index (χ1v) is 8.07. The molecule has 1 unspecified atom stereocenters. The molecule has 7 heteroatoms. The van der Waals surface area contributed by atoms with Gasteiger partial charge in [-0.25, -0.2) is 9.59 Å². The highest BCUT2D eigenvalue weighted by Gasteiger charge is 2.43. The third-order valence-electron chi connectivity index (χ3n) is 3.98. The van der Waals surface area contributed by atoms with Crippen LogP contribution in [0.2, 0.25) is 0 Å². The molecule has 2 rings (SSSR count). The van der Waals surface area contributed by atoms with Gasteiger partial charge in [-0.1, -0.05) is 12.2 Å². The lowest BCUT2D eigenvalue weighted by molar-refractivity contribution is -0.152. The van der Waals surface area contributed by atoms with Crippen molar-refractivity contribution < 1.29 is 23.9 Å². The van der Waals surface area contributed by atoms with E-state index in [9.17, 15) is 14.4 Å². The average molecular weight is 336 g/mol. The fourth-order valence-corrected chi connectivity index (χ4v) is 2.95. The largest absolute Gasteiger partial charge is 0.467 e. The Hall–Kier alpha value is -2.18. The predicted octanol–water partition coefficient (Wildman–Crippen LogP) is 2.10. The highest BCUT2D eigenvalue weighted by molar-refractivity contribution is 5.99. The summed E-state index contributed by atoms with van der Waals surface area (Å²) in [4.78, 5) is 41.7. The lowest BCUT2D eigenvalue weighted by Crippen LogP contribution is -2.47. The van der Waals surface area contributed by atoms with Crippen LogP contribution in [-0.4, -0.2) is 53.9 Å². The van der Waals surface area contributed by atoms with Crippen molar-refractivity contribution in [3.63, 3.8) is 0 Å². The third-order valence-corrected chi connectivity index (χ3v) is 3.98. The molecule has 0 radical (unpaired) electrons. The van der Waals surface area contributed by atoms with E-state index in [0.29, 0.717) is 12.8 Å². The van der Waals surface area contributed by atoms with Crippen LogP contribution in [-0.2, 0) is 19.1 Å². The molecule has 24 heavy (non-hydrogen) atoms. The normalized spacial score (nSPS) is 27.1. The van der Waals surface area contributed by atoms with E-state index >= 15 is 0 Å². The van der Waals surface area contributed by atoms with E-state index in [0.717, 1.165) is 6.42 Å². The number of rotatable bonds is 2. The van der Waals surface area contributed by atoms with Gasteiger partial charge in [-0.05, 0) is 40.0 Å². The topological polar surface area (TPSA) is 85.3 Å². The summed E-state index contributed by atoms with van der Waals surface area (Å²) in [7, 11) is 1.31.